The van der Waals surface area contributed by atoms with Gasteiger partial charge in [-0.2, -0.15) is 0 Å². The van der Waals surface area contributed by atoms with Crippen LogP contribution >= 0.6 is 24.0 Å². The summed E-state index contributed by atoms with van der Waals surface area (Å²) < 4.78 is 1.08. The van der Waals surface area contributed by atoms with E-state index in [-0.39, 0.29) is 0 Å². The maximum atomic E-state index is 5.20. The lowest BCUT2D eigenvalue weighted by Crippen LogP contribution is -2.14. The third-order valence-electron chi connectivity index (χ3n) is 2.10. The Morgan fingerprint density at radius 3 is 2.09 bits per heavy atom. The molecule has 2 atom stereocenters. The van der Waals surface area contributed by atoms with Crippen LogP contribution in [0.5, 0.6) is 0 Å². The van der Waals surface area contributed by atoms with Gasteiger partial charge in [0, 0.05) is 5.92 Å². The van der Waals surface area contributed by atoms with Crippen molar-refractivity contribution in [3.05, 3.63) is 12.2 Å². The van der Waals surface area contributed by atoms with E-state index in [0.29, 0.717) is 11.8 Å². The Hall–Kier alpha value is 0.180. The van der Waals surface area contributed by atoms with Gasteiger partial charge >= 0.3 is 0 Å². The first kappa shape index (κ1) is 11.2. The van der Waals surface area contributed by atoms with Gasteiger partial charge in [0.2, 0.25) is 0 Å². The SMILES string of the molecule is C=C(C)[C@H](C)[C@@H](C)C(=S)SC. The van der Waals surface area contributed by atoms with E-state index in [1.54, 1.807) is 11.8 Å². The van der Waals surface area contributed by atoms with Crippen LogP contribution in [0.3, 0.4) is 0 Å². The molecular formula is C9H16S2. The second-order valence-corrected chi connectivity index (χ2v) is 4.49. The lowest BCUT2D eigenvalue weighted by molar-refractivity contribution is 0.571. The Morgan fingerprint density at radius 1 is 1.36 bits per heavy atom. The fraction of sp³-hybridized carbons (Fsp3) is 0.667. The lowest BCUT2D eigenvalue weighted by Gasteiger charge is -2.19. The van der Waals surface area contributed by atoms with E-state index in [1.165, 1.54) is 5.57 Å². The van der Waals surface area contributed by atoms with Crippen molar-refractivity contribution >= 4 is 28.2 Å². The molecule has 0 radical (unpaired) electrons. The molecule has 0 aromatic heterocycles. The van der Waals surface area contributed by atoms with E-state index in [4.69, 9.17) is 12.2 Å². The zero-order chi connectivity index (χ0) is 9.02. The predicted molar refractivity (Wildman–Crippen MR) is 59.3 cm³/mol. The molecule has 0 aliphatic carbocycles. The molecular weight excluding hydrogens is 172 g/mol. The zero-order valence-corrected chi connectivity index (χ0v) is 9.31. The topological polar surface area (TPSA) is 0 Å². The summed E-state index contributed by atoms with van der Waals surface area (Å²) in [5, 5.41) is 0. The first-order valence-corrected chi connectivity index (χ1v) is 5.37. The first-order chi connectivity index (χ1) is 5.00. The van der Waals surface area contributed by atoms with Crippen molar-refractivity contribution in [3.63, 3.8) is 0 Å². The van der Waals surface area contributed by atoms with E-state index in [9.17, 15) is 0 Å². The van der Waals surface area contributed by atoms with Crippen LogP contribution in [0.4, 0.5) is 0 Å². The molecule has 0 aliphatic heterocycles. The van der Waals surface area contributed by atoms with E-state index in [1.807, 2.05) is 6.26 Å². The van der Waals surface area contributed by atoms with Crippen LogP contribution in [0.15, 0.2) is 12.2 Å². The van der Waals surface area contributed by atoms with Crippen LogP contribution in [0, 0.1) is 11.8 Å². The van der Waals surface area contributed by atoms with Crippen LogP contribution in [0.25, 0.3) is 0 Å². The number of hydrogen-bond donors (Lipinski definition) is 0. The third kappa shape index (κ3) is 3.39. The molecule has 0 unspecified atom stereocenters. The zero-order valence-electron chi connectivity index (χ0n) is 7.68. The van der Waals surface area contributed by atoms with Crippen molar-refractivity contribution in [3.8, 4) is 0 Å². The fourth-order valence-corrected chi connectivity index (χ4v) is 1.60. The minimum absolute atomic E-state index is 0.470. The highest BCUT2D eigenvalue weighted by Crippen LogP contribution is 2.23. The van der Waals surface area contributed by atoms with Crippen LogP contribution in [0.1, 0.15) is 20.8 Å². The summed E-state index contributed by atoms with van der Waals surface area (Å²) in [4.78, 5) is 0. The highest BCUT2D eigenvalue weighted by molar-refractivity contribution is 8.22. The molecule has 0 rings (SSSR count). The molecule has 2 heteroatoms. The van der Waals surface area contributed by atoms with Crippen molar-refractivity contribution in [1.82, 2.24) is 0 Å². The van der Waals surface area contributed by atoms with E-state index in [2.05, 4.69) is 27.4 Å². The van der Waals surface area contributed by atoms with Gasteiger partial charge in [-0.25, -0.2) is 0 Å². The minimum atomic E-state index is 0.470. The average Bonchev–Trinajstić information content (AvgIpc) is 2.00. The summed E-state index contributed by atoms with van der Waals surface area (Å²) in [5.74, 6) is 0.979. The molecule has 0 heterocycles. The van der Waals surface area contributed by atoms with E-state index in [0.717, 1.165) is 4.20 Å². The Labute approximate surface area is 79.5 Å². The smallest absolute Gasteiger partial charge is 0.0509 e. The molecule has 0 saturated heterocycles. The molecule has 0 nitrogen and oxygen atoms in total. The van der Waals surface area contributed by atoms with Gasteiger partial charge in [0.15, 0.2) is 0 Å². The Bertz CT molecular complexity index is 161. The summed E-state index contributed by atoms with van der Waals surface area (Å²) >= 11 is 6.86. The van der Waals surface area contributed by atoms with Crippen molar-refractivity contribution in [2.45, 2.75) is 20.8 Å². The standard InChI is InChI=1S/C9H16S2/c1-6(2)7(3)8(4)9(10)11-5/h7-8H,1H2,2-5H3/t7-,8+/m0/s1. The van der Waals surface area contributed by atoms with Crippen molar-refractivity contribution in [1.29, 1.82) is 0 Å². The van der Waals surface area contributed by atoms with Crippen LogP contribution in [0.2, 0.25) is 0 Å². The Kier molecular flexibility index (Phi) is 5.02. The second kappa shape index (κ2) is 4.94. The number of rotatable bonds is 3. The molecule has 0 amide bonds. The van der Waals surface area contributed by atoms with Gasteiger partial charge in [0.25, 0.3) is 0 Å². The van der Waals surface area contributed by atoms with Crippen LogP contribution < -0.4 is 0 Å². The van der Waals surface area contributed by atoms with Gasteiger partial charge in [-0.1, -0.05) is 38.2 Å². The number of allylic oxidation sites excluding steroid dienone is 1. The third-order valence-corrected chi connectivity index (χ3v) is 3.75. The Morgan fingerprint density at radius 2 is 1.82 bits per heavy atom. The van der Waals surface area contributed by atoms with Gasteiger partial charge in [-0.15, -0.1) is 11.8 Å². The first-order valence-electron chi connectivity index (χ1n) is 3.74. The van der Waals surface area contributed by atoms with Gasteiger partial charge in [-0.05, 0) is 19.1 Å². The van der Waals surface area contributed by atoms with Gasteiger partial charge in [0.05, 0.1) is 4.20 Å². The summed E-state index contributed by atoms with van der Waals surface area (Å²) in [6.45, 7) is 10.3. The molecule has 0 fully saturated rings. The van der Waals surface area contributed by atoms with E-state index < -0.39 is 0 Å². The van der Waals surface area contributed by atoms with Crippen molar-refractivity contribution in [2.24, 2.45) is 11.8 Å². The molecule has 0 N–H and O–H groups in total. The molecule has 0 spiro atoms. The van der Waals surface area contributed by atoms with Crippen molar-refractivity contribution in [2.75, 3.05) is 6.26 Å². The monoisotopic (exact) mass is 188 g/mol. The van der Waals surface area contributed by atoms with Gasteiger partial charge in [0.1, 0.15) is 0 Å². The number of hydrogen-bond acceptors (Lipinski definition) is 2. The van der Waals surface area contributed by atoms with Crippen LogP contribution in [-0.2, 0) is 0 Å². The molecule has 0 bridgehead atoms. The highest BCUT2D eigenvalue weighted by atomic mass is 32.2. The maximum Gasteiger partial charge on any atom is 0.0509 e. The van der Waals surface area contributed by atoms with Crippen LogP contribution in [-0.4, -0.2) is 10.5 Å². The molecule has 0 aromatic carbocycles. The lowest BCUT2D eigenvalue weighted by atomic mass is 9.92. The van der Waals surface area contributed by atoms with E-state index >= 15 is 0 Å². The number of thiocarbonyl (C=S) groups is 1. The van der Waals surface area contributed by atoms with Gasteiger partial charge in [-0.3, -0.25) is 0 Å². The summed E-state index contributed by atoms with van der Waals surface area (Å²) in [6, 6.07) is 0. The fourth-order valence-electron chi connectivity index (χ4n) is 0.817. The second-order valence-electron chi connectivity index (χ2n) is 2.95. The molecule has 11 heavy (non-hydrogen) atoms. The number of thioether (sulfide) groups is 1. The Balaban J connectivity index is 4.12. The maximum absolute atomic E-state index is 5.20. The molecule has 64 valence electrons. The summed E-state index contributed by atoms with van der Waals surface area (Å²) in [6.07, 6.45) is 2.03. The van der Waals surface area contributed by atoms with Crippen molar-refractivity contribution < 1.29 is 0 Å². The normalized spacial score (nSPS) is 15.6. The summed E-state index contributed by atoms with van der Waals surface area (Å²) in [5.41, 5.74) is 1.22. The highest BCUT2D eigenvalue weighted by Gasteiger charge is 2.16. The molecule has 0 aliphatic rings. The molecule has 0 aromatic rings. The van der Waals surface area contributed by atoms with Gasteiger partial charge < -0.3 is 0 Å². The largest absolute Gasteiger partial charge is 0.122 e. The quantitative estimate of drug-likeness (QED) is 0.491. The molecule has 0 saturated carbocycles. The predicted octanol–water partition coefficient (Wildman–Crippen LogP) is 3.53. The summed E-state index contributed by atoms with van der Waals surface area (Å²) in [7, 11) is 0. The minimum Gasteiger partial charge on any atom is -0.122 e. The average molecular weight is 188 g/mol.